The van der Waals surface area contributed by atoms with E-state index in [1.54, 1.807) is 4.90 Å². The van der Waals surface area contributed by atoms with Gasteiger partial charge in [0.15, 0.2) is 0 Å². The van der Waals surface area contributed by atoms with Crippen molar-refractivity contribution >= 4 is 6.09 Å². The lowest BCUT2D eigenvalue weighted by Crippen LogP contribution is -2.42. The number of rotatable bonds is 1. The zero-order valence-corrected chi connectivity index (χ0v) is 8.72. The Morgan fingerprint density at radius 1 is 1.47 bits per heavy atom. The summed E-state index contributed by atoms with van der Waals surface area (Å²) in [5.74, 6) is 0.508. The summed E-state index contributed by atoms with van der Waals surface area (Å²) < 4.78 is 0. The number of carbonyl (C=O) groups is 1. The molecule has 1 saturated carbocycles. The molecule has 1 amide bonds. The van der Waals surface area contributed by atoms with E-state index in [9.17, 15) is 4.79 Å². The van der Waals surface area contributed by atoms with Gasteiger partial charge in [0, 0.05) is 12.1 Å². The molecular formula is C11H16N2O2. The molecule has 1 N–H and O–H groups in total. The Morgan fingerprint density at radius 3 is 2.87 bits per heavy atom. The third-order valence-corrected chi connectivity index (χ3v) is 3.74. The van der Waals surface area contributed by atoms with Gasteiger partial charge in [0.05, 0.1) is 12.5 Å². The number of nitriles is 1. The van der Waals surface area contributed by atoms with Crippen molar-refractivity contribution in [2.24, 2.45) is 5.92 Å². The lowest BCUT2D eigenvalue weighted by molar-refractivity contribution is 0.109. The summed E-state index contributed by atoms with van der Waals surface area (Å²) in [5.41, 5.74) is 0. The Morgan fingerprint density at radius 2 is 2.20 bits per heavy atom. The molecule has 1 heterocycles. The smallest absolute Gasteiger partial charge is 0.407 e. The van der Waals surface area contributed by atoms with E-state index in [1.165, 1.54) is 6.42 Å². The number of likely N-dealkylation sites (tertiary alicyclic amines) is 1. The highest BCUT2D eigenvalue weighted by atomic mass is 16.4. The molecular weight excluding hydrogens is 192 g/mol. The average Bonchev–Trinajstić information content (AvgIpc) is 2.56. The highest BCUT2D eigenvalue weighted by molar-refractivity contribution is 5.66. The van der Waals surface area contributed by atoms with Gasteiger partial charge in [0.2, 0.25) is 0 Å². The Bertz CT molecular complexity index is 297. The van der Waals surface area contributed by atoms with Gasteiger partial charge in [-0.2, -0.15) is 5.26 Å². The molecule has 4 heteroatoms. The van der Waals surface area contributed by atoms with E-state index in [-0.39, 0.29) is 12.1 Å². The van der Waals surface area contributed by atoms with Crippen LogP contribution in [0.15, 0.2) is 0 Å². The summed E-state index contributed by atoms with van der Waals surface area (Å²) in [5, 5.41) is 17.9. The highest BCUT2D eigenvalue weighted by Crippen LogP contribution is 2.40. The Kier molecular flexibility index (Phi) is 2.81. The van der Waals surface area contributed by atoms with Crippen molar-refractivity contribution < 1.29 is 9.90 Å². The molecule has 1 saturated heterocycles. The summed E-state index contributed by atoms with van der Waals surface area (Å²) in [7, 11) is 0. The van der Waals surface area contributed by atoms with E-state index in [0.717, 1.165) is 25.7 Å². The second-order valence-corrected chi connectivity index (χ2v) is 4.55. The summed E-state index contributed by atoms with van der Waals surface area (Å²) in [6.45, 7) is 0. The number of nitrogens with zero attached hydrogens (tertiary/aromatic N) is 2. The van der Waals surface area contributed by atoms with Gasteiger partial charge in [-0.1, -0.05) is 12.8 Å². The highest BCUT2D eigenvalue weighted by Gasteiger charge is 2.44. The fourth-order valence-electron chi connectivity index (χ4n) is 3.15. The van der Waals surface area contributed by atoms with E-state index >= 15 is 0 Å². The van der Waals surface area contributed by atoms with E-state index in [1.807, 2.05) is 0 Å². The molecule has 2 fully saturated rings. The molecule has 0 aromatic rings. The van der Waals surface area contributed by atoms with Gasteiger partial charge in [-0.3, -0.25) is 0 Å². The largest absolute Gasteiger partial charge is 0.465 e. The van der Waals surface area contributed by atoms with Crippen LogP contribution in [0.1, 0.15) is 38.5 Å². The molecule has 2 rings (SSSR count). The molecule has 0 aromatic carbocycles. The lowest BCUT2D eigenvalue weighted by atomic mass is 9.84. The number of fused-ring (bicyclic) bond motifs is 1. The van der Waals surface area contributed by atoms with Gasteiger partial charge in [0.1, 0.15) is 0 Å². The van der Waals surface area contributed by atoms with Crippen molar-refractivity contribution in [3.63, 3.8) is 0 Å². The number of carboxylic acid groups (broad SMARTS) is 1. The van der Waals surface area contributed by atoms with Crippen LogP contribution >= 0.6 is 0 Å². The first-order valence-electron chi connectivity index (χ1n) is 5.62. The summed E-state index contributed by atoms with van der Waals surface area (Å²) in [6, 6.07) is 2.23. The van der Waals surface area contributed by atoms with E-state index < -0.39 is 6.09 Å². The summed E-state index contributed by atoms with van der Waals surface area (Å²) >= 11 is 0. The molecule has 3 atom stereocenters. The molecule has 0 unspecified atom stereocenters. The van der Waals surface area contributed by atoms with Crippen LogP contribution in [-0.2, 0) is 0 Å². The van der Waals surface area contributed by atoms with E-state index in [4.69, 9.17) is 10.4 Å². The number of amides is 1. The number of hydrogen-bond acceptors (Lipinski definition) is 2. The van der Waals surface area contributed by atoms with Crippen molar-refractivity contribution in [3.8, 4) is 6.07 Å². The van der Waals surface area contributed by atoms with Gasteiger partial charge in [-0.25, -0.2) is 4.79 Å². The minimum Gasteiger partial charge on any atom is -0.465 e. The van der Waals surface area contributed by atoms with Gasteiger partial charge < -0.3 is 10.0 Å². The molecule has 1 aliphatic heterocycles. The zero-order chi connectivity index (χ0) is 10.8. The third kappa shape index (κ3) is 1.79. The molecule has 0 radical (unpaired) electrons. The minimum absolute atomic E-state index is 0.0550. The predicted molar refractivity (Wildman–Crippen MR) is 54.2 cm³/mol. The normalized spacial score (nSPS) is 34.6. The van der Waals surface area contributed by atoms with Crippen LogP contribution in [0.25, 0.3) is 0 Å². The van der Waals surface area contributed by atoms with Gasteiger partial charge in [0.25, 0.3) is 0 Å². The topological polar surface area (TPSA) is 64.3 Å². The molecule has 0 aromatic heterocycles. The molecule has 0 spiro atoms. The molecule has 82 valence electrons. The van der Waals surface area contributed by atoms with Gasteiger partial charge in [-0.05, 0) is 25.2 Å². The Labute approximate surface area is 89.5 Å². The molecule has 15 heavy (non-hydrogen) atoms. The first-order chi connectivity index (χ1) is 7.24. The monoisotopic (exact) mass is 208 g/mol. The van der Waals surface area contributed by atoms with Gasteiger partial charge in [-0.15, -0.1) is 0 Å². The fraction of sp³-hybridized carbons (Fsp3) is 0.818. The first-order valence-corrected chi connectivity index (χ1v) is 5.62. The van der Waals surface area contributed by atoms with Crippen LogP contribution in [0, 0.1) is 17.2 Å². The van der Waals surface area contributed by atoms with Crippen molar-refractivity contribution in [2.45, 2.75) is 50.6 Å². The van der Waals surface area contributed by atoms with Crippen LogP contribution in [0.5, 0.6) is 0 Å². The molecule has 4 nitrogen and oxygen atoms in total. The van der Waals surface area contributed by atoms with Crippen molar-refractivity contribution in [3.05, 3.63) is 0 Å². The van der Waals surface area contributed by atoms with Crippen molar-refractivity contribution in [1.29, 1.82) is 5.26 Å². The molecule has 1 aliphatic carbocycles. The van der Waals surface area contributed by atoms with Crippen molar-refractivity contribution in [2.75, 3.05) is 0 Å². The SMILES string of the molecule is N#CC[C@@H]1C[C@@H]2CCCC[C@@H]2N1C(=O)O. The van der Waals surface area contributed by atoms with E-state index in [2.05, 4.69) is 6.07 Å². The first kappa shape index (κ1) is 10.3. The quantitative estimate of drug-likeness (QED) is 0.718. The van der Waals surface area contributed by atoms with Crippen molar-refractivity contribution in [1.82, 2.24) is 4.90 Å². The summed E-state index contributed by atoms with van der Waals surface area (Å²) in [4.78, 5) is 12.7. The van der Waals surface area contributed by atoms with Gasteiger partial charge >= 0.3 is 6.09 Å². The Hall–Kier alpha value is -1.24. The summed E-state index contributed by atoms with van der Waals surface area (Å²) in [6.07, 6.45) is 4.86. The predicted octanol–water partition coefficient (Wildman–Crippen LogP) is 2.21. The number of hydrogen-bond donors (Lipinski definition) is 1. The second-order valence-electron chi connectivity index (χ2n) is 4.55. The Balaban J connectivity index is 2.14. The third-order valence-electron chi connectivity index (χ3n) is 3.74. The van der Waals surface area contributed by atoms with Crippen LogP contribution in [0.3, 0.4) is 0 Å². The van der Waals surface area contributed by atoms with Crippen LogP contribution in [0.2, 0.25) is 0 Å². The molecule has 2 aliphatic rings. The average molecular weight is 208 g/mol. The second kappa shape index (κ2) is 4.09. The van der Waals surface area contributed by atoms with Crippen LogP contribution < -0.4 is 0 Å². The standard InChI is InChI=1S/C11H16N2O2/c12-6-5-9-7-8-3-1-2-4-10(8)13(9)11(14)15/h8-10H,1-5,7H2,(H,14,15)/t8-,9+,10-/m0/s1. The van der Waals surface area contributed by atoms with Crippen LogP contribution in [-0.4, -0.2) is 28.2 Å². The fourth-order valence-corrected chi connectivity index (χ4v) is 3.15. The molecule has 0 bridgehead atoms. The van der Waals surface area contributed by atoms with E-state index in [0.29, 0.717) is 12.3 Å². The maximum atomic E-state index is 11.2. The lowest BCUT2D eigenvalue weighted by Gasteiger charge is -2.31. The maximum absolute atomic E-state index is 11.2. The minimum atomic E-state index is -0.843. The zero-order valence-electron chi connectivity index (χ0n) is 8.72. The maximum Gasteiger partial charge on any atom is 0.407 e. The van der Waals surface area contributed by atoms with Crippen LogP contribution in [0.4, 0.5) is 4.79 Å².